The molecule has 0 unspecified atom stereocenters. The van der Waals surface area contributed by atoms with Gasteiger partial charge in [-0.15, -0.1) is 11.3 Å². The lowest BCUT2D eigenvalue weighted by molar-refractivity contribution is 0.0600. The normalized spacial score (nSPS) is 13.5. The molecule has 1 aliphatic rings. The first kappa shape index (κ1) is 20.1. The molecule has 30 heavy (non-hydrogen) atoms. The van der Waals surface area contributed by atoms with Gasteiger partial charge in [-0.05, 0) is 60.0 Å². The minimum Gasteiger partial charge on any atom is -0.465 e. The first-order valence-corrected chi connectivity index (χ1v) is 11.6. The van der Waals surface area contributed by atoms with Crippen LogP contribution in [0.3, 0.4) is 0 Å². The van der Waals surface area contributed by atoms with E-state index in [1.165, 1.54) is 30.6 Å². The van der Waals surface area contributed by atoms with E-state index >= 15 is 0 Å². The number of sulfonamides is 1. The number of anilines is 1. The number of hydrogen-bond acceptors (Lipinski definition) is 6. The number of benzene rings is 2. The van der Waals surface area contributed by atoms with Gasteiger partial charge in [0.25, 0.3) is 10.0 Å². The van der Waals surface area contributed by atoms with E-state index in [0.29, 0.717) is 22.4 Å². The van der Waals surface area contributed by atoms with Crippen molar-refractivity contribution >= 4 is 33.0 Å². The number of thiophene rings is 1. The third-order valence-electron chi connectivity index (χ3n) is 4.92. The summed E-state index contributed by atoms with van der Waals surface area (Å²) in [5, 5.41) is 11.2. The predicted octanol–water partition coefficient (Wildman–Crippen LogP) is 4.75. The van der Waals surface area contributed by atoms with Crippen molar-refractivity contribution in [2.45, 2.75) is 23.7 Å². The van der Waals surface area contributed by atoms with Crippen molar-refractivity contribution < 1.29 is 17.9 Å². The molecule has 0 spiro atoms. The topological polar surface area (TPSA) is 96.3 Å². The van der Waals surface area contributed by atoms with E-state index in [4.69, 9.17) is 4.74 Å². The molecule has 0 atom stereocenters. The number of carbonyl (C=O) groups is 1. The summed E-state index contributed by atoms with van der Waals surface area (Å²) in [5.41, 5.74) is 2.21. The molecular weight excluding hydrogens is 420 g/mol. The highest BCUT2D eigenvalue weighted by atomic mass is 32.2. The fourth-order valence-corrected chi connectivity index (χ4v) is 5.45. The molecule has 1 fully saturated rings. The summed E-state index contributed by atoms with van der Waals surface area (Å²) in [5.74, 6) is -0.440. The lowest BCUT2D eigenvalue weighted by Crippen LogP contribution is -2.17. The summed E-state index contributed by atoms with van der Waals surface area (Å²) in [4.78, 5) is 12.9. The van der Waals surface area contributed by atoms with Crippen molar-refractivity contribution in [2.75, 3.05) is 11.8 Å². The van der Waals surface area contributed by atoms with Gasteiger partial charge in [-0.2, -0.15) is 5.26 Å². The SMILES string of the molecule is COC(=O)c1ccc(C2CC2)c(S(=O)(=O)Nc2cc(C#N)ccc2-c2cccs2)c1. The highest BCUT2D eigenvalue weighted by molar-refractivity contribution is 7.92. The number of carbonyl (C=O) groups excluding carboxylic acids is 1. The summed E-state index contributed by atoms with van der Waals surface area (Å²) in [6.45, 7) is 0. The van der Waals surface area contributed by atoms with Crippen LogP contribution in [0.4, 0.5) is 5.69 Å². The van der Waals surface area contributed by atoms with Gasteiger partial charge in [0.2, 0.25) is 0 Å². The largest absolute Gasteiger partial charge is 0.465 e. The monoisotopic (exact) mass is 438 g/mol. The number of ether oxygens (including phenoxy) is 1. The van der Waals surface area contributed by atoms with Crippen LogP contribution in [0.15, 0.2) is 58.8 Å². The fraction of sp³-hybridized carbons (Fsp3) is 0.182. The van der Waals surface area contributed by atoms with E-state index in [-0.39, 0.29) is 16.4 Å². The smallest absolute Gasteiger partial charge is 0.337 e. The Balaban J connectivity index is 1.81. The zero-order valence-electron chi connectivity index (χ0n) is 16.1. The second-order valence-electron chi connectivity index (χ2n) is 6.97. The number of methoxy groups -OCH3 is 1. The Morgan fingerprint density at radius 1 is 1.20 bits per heavy atom. The van der Waals surface area contributed by atoms with Crippen LogP contribution in [0, 0.1) is 11.3 Å². The Morgan fingerprint density at radius 3 is 2.63 bits per heavy atom. The quantitative estimate of drug-likeness (QED) is 0.560. The molecule has 2 aromatic carbocycles. The van der Waals surface area contributed by atoms with Gasteiger partial charge in [-0.25, -0.2) is 13.2 Å². The van der Waals surface area contributed by atoms with E-state index in [9.17, 15) is 18.5 Å². The van der Waals surface area contributed by atoms with Crippen molar-refractivity contribution in [1.29, 1.82) is 5.26 Å². The number of hydrogen-bond donors (Lipinski definition) is 1. The lowest BCUT2D eigenvalue weighted by Gasteiger charge is -2.15. The maximum absolute atomic E-state index is 13.4. The fourth-order valence-electron chi connectivity index (χ4n) is 3.29. The Bertz CT molecular complexity index is 1250. The number of rotatable bonds is 6. The zero-order valence-corrected chi connectivity index (χ0v) is 17.7. The molecule has 3 aromatic rings. The molecule has 6 nitrogen and oxygen atoms in total. The maximum Gasteiger partial charge on any atom is 0.337 e. The summed E-state index contributed by atoms with van der Waals surface area (Å²) in [7, 11) is -2.76. The second-order valence-corrected chi connectivity index (χ2v) is 9.57. The Kier molecular flexibility index (Phi) is 5.33. The van der Waals surface area contributed by atoms with E-state index in [0.717, 1.165) is 17.7 Å². The predicted molar refractivity (Wildman–Crippen MR) is 115 cm³/mol. The van der Waals surface area contributed by atoms with Gasteiger partial charge in [0.15, 0.2) is 0 Å². The van der Waals surface area contributed by atoms with Crippen LogP contribution in [-0.2, 0) is 14.8 Å². The average Bonchev–Trinajstić information content (AvgIpc) is 3.46. The molecule has 0 saturated heterocycles. The minimum absolute atomic E-state index is 0.0624. The third-order valence-corrected chi connectivity index (χ3v) is 7.25. The number of nitriles is 1. The van der Waals surface area contributed by atoms with Crippen molar-refractivity contribution in [3.05, 3.63) is 70.6 Å². The molecule has 0 radical (unpaired) electrons. The zero-order chi connectivity index (χ0) is 21.3. The second kappa shape index (κ2) is 7.94. The van der Waals surface area contributed by atoms with Crippen LogP contribution < -0.4 is 4.72 Å². The molecule has 0 aliphatic heterocycles. The van der Waals surface area contributed by atoms with Crippen molar-refractivity contribution in [2.24, 2.45) is 0 Å². The molecule has 1 N–H and O–H groups in total. The van der Waals surface area contributed by atoms with E-state index < -0.39 is 16.0 Å². The van der Waals surface area contributed by atoms with Crippen LogP contribution in [0.25, 0.3) is 10.4 Å². The van der Waals surface area contributed by atoms with Gasteiger partial charge >= 0.3 is 5.97 Å². The van der Waals surface area contributed by atoms with Crippen LogP contribution in [0.2, 0.25) is 0 Å². The first-order valence-electron chi connectivity index (χ1n) is 9.26. The van der Waals surface area contributed by atoms with Crippen LogP contribution in [0.1, 0.15) is 40.2 Å². The van der Waals surface area contributed by atoms with Crippen LogP contribution >= 0.6 is 11.3 Å². The Morgan fingerprint density at radius 2 is 2.00 bits per heavy atom. The summed E-state index contributed by atoms with van der Waals surface area (Å²) in [6, 6.07) is 15.3. The molecule has 1 heterocycles. The number of esters is 1. The molecule has 8 heteroatoms. The van der Waals surface area contributed by atoms with Gasteiger partial charge < -0.3 is 4.74 Å². The highest BCUT2D eigenvalue weighted by Crippen LogP contribution is 2.44. The van der Waals surface area contributed by atoms with Crippen LogP contribution in [0.5, 0.6) is 0 Å². The maximum atomic E-state index is 13.4. The van der Waals surface area contributed by atoms with Crippen molar-refractivity contribution in [3.63, 3.8) is 0 Å². The minimum atomic E-state index is -4.01. The van der Waals surface area contributed by atoms with E-state index in [1.54, 1.807) is 24.3 Å². The van der Waals surface area contributed by atoms with E-state index in [2.05, 4.69) is 4.72 Å². The van der Waals surface area contributed by atoms with Gasteiger partial charge in [0.1, 0.15) is 0 Å². The molecular formula is C22H18N2O4S2. The number of nitrogens with zero attached hydrogens (tertiary/aromatic N) is 1. The van der Waals surface area contributed by atoms with Crippen molar-refractivity contribution in [1.82, 2.24) is 0 Å². The molecule has 1 aliphatic carbocycles. The van der Waals surface area contributed by atoms with Crippen LogP contribution in [-0.4, -0.2) is 21.5 Å². The molecule has 0 bridgehead atoms. The summed E-state index contributed by atoms with van der Waals surface area (Å²) >= 11 is 1.47. The first-order chi connectivity index (χ1) is 14.4. The third kappa shape index (κ3) is 3.95. The summed E-state index contributed by atoms with van der Waals surface area (Å²) < 4.78 is 34.2. The van der Waals surface area contributed by atoms with Gasteiger partial charge in [0.05, 0.1) is 34.9 Å². The van der Waals surface area contributed by atoms with Gasteiger partial charge in [-0.1, -0.05) is 18.2 Å². The molecule has 4 rings (SSSR count). The standard InChI is InChI=1S/C22H18N2O4S2/c1-28-22(25)16-7-9-17(15-5-6-15)21(12-16)30(26,27)24-19-11-14(13-23)4-8-18(19)20-3-2-10-29-20/h2-4,7-12,15,24H,5-6H2,1H3. The highest BCUT2D eigenvalue weighted by Gasteiger charge is 2.31. The van der Waals surface area contributed by atoms with Gasteiger partial charge in [-0.3, -0.25) is 4.72 Å². The van der Waals surface area contributed by atoms with Crippen molar-refractivity contribution in [3.8, 4) is 16.5 Å². The molecule has 1 aromatic heterocycles. The number of nitrogens with one attached hydrogen (secondary N) is 1. The molecule has 0 amide bonds. The molecule has 1 saturated carbocycles. The summed E-state index contributed by atoms with van der Waals surface area (Å²) in [6.07, 6.45) is 1.81. The molecule has 152 valence electrons. The lowest BCUT2D eigenvalue weighted by atomic mass is 10.1. The average molecular weight is 439 g/mol. The Hall–Kier alpha value is -3.15. The van der Waals surface area contributed by atoms with E-state index in [1.807, 2.05) is 23.6 Å². The van der Waals surface area contributed by atoms with Gasteiger partial charge in [0, 0.05) is 10.4 Å². The Labute approximate surface area is 178 Å².